The SMILES string of the molecule is O=C(NC1CCCCNC1=O)c1noc(C2CCCN2)n1. The second-order valence-corrected chi connectivity index (χ2v) is 5.42. The number of nitrogens with zero attached hydrogens (tertiary/aromatic N) is 2. The molecule has 1 aromatic heterocycles. The van der Waals surface area contributed by atoms with Crippen LogP contribution >= 0.6 is 0 Å². The van der Waals surface area contributed by atoms with E-state index in [4.69, 9.17) is 4.52 Å². The Kier molecular flexibility index (Phi) is 4.14. The fraction of sp³-hybridized carbons (Fsp3) is 0.692. The molecule has 0 radical (unpaired) electrons. The first-order chi connectivity index (χ1) is 10.2. The van der Waals surface area contributed by atoms with Gasteiger partial charge in [-0.25, -0.2) is 0 Å². The zero-order valence-corrected chi connectivity index (χ0v) is 11.7. The van der Waals surface area contributed by atoms with Crippen molar-refractivity contribution in [2.24, 2.45) is 0 Å². The van der Waals surface area contributed by atoms with E-state index in [2.05, 4.69) is 26.1 Å². The lowest BCUT2D eigenvalue weighted by molar-refractivity contribution is -0.122. The molecule has 3 heterocycles. The number of carbonyl (C=O) groups excluding carboxylic acids is 2. The van der Waals surface area contributed by atoms with E-state index in [-0.39, 0.29) is 17.8 Å². The van der Waals surface area contributed by atoms with Gasteiger partial charge in [-0.15, -0.1) is 0 Å². The molecule has 3 rings (SSSR count). The first kappa shape index (κ1) is 14.0. The predicted molar refractivity (Wildman–Crippen MR) is 72.4 cm³/mol. The fourth-order valence-corrected chi connectivity index (χ4v) is 2.66. The number of hydrogen-bond acceptors (Lipinski definition) is 6. The molecule has 1 aromatic rings. The lowest BCUT2D eigenvalue weighted by Crippen LogP contribution is -2.45. The molecule has 0 aliphatic carbocycles. The van der Waals surface area contributed by atoms with Crippen LogP contribution in [0.5, 0.6) is 0 Å². The smallest absolute Gasteiger partial charge is 0.293 e. The minimum Gasteiger partial charge on any atom is -0.354 e. The number of carbonyl (C=O) groups is 2. The van der Waals surface area contributed by atoms with Crippen LogP contribution in [0.15, 0.2) is 4.52 Å². The van der Waals surface area contributed by atoms with Gasteiger partial charge in [0.2, 0.25) is 11.8 Å². The second-order valence-electron chi connectivity index (χ2n) is 5.42. The van der Waals surface area contributed by atoms with Gasteiger partial charge in [0.15, 0.2) is 0 Å². The minimum absolute atomic E-state index is 0.0178. The Morgan fingerprint density at radius 1 is 1.24 bits per heavy atom. The highest BCUT2D eigenvalue weighted by molar-refractivity contribution is 5.94. The highest BCUT2D eigenvalue weighted by Crippen LogP contribution is 2.21. The summed E-state index contributed by atoms with van der Waals surface area (Å²) in [6.45, 7) is 1.57. The third-order valence-electron chi connectivity index (χ3n) is 3.84. The van der Waals surface area contributed by atoms with Crippen LogP contribution in [-0.2, 0) is 4.79 Å². The quantitative estimate of drug-likeness (QED) is 0.717. The first-order valence-corrected chi connectivity index (χ1v) is 7.39. The molecule has 0 spiro atoms. The van der Waals surface area contributed by atoms with Crippen molar-refractivity contribution in [2.45, 2.75) is 44.2 Å². The van der Waals surface area contributed by atoms with Crippen LogP contribution in [0.1, 0.15) is 54.7 Å². The van der Waals surface area contributed by atoms with Gasteiger partial charge in [-0.05, 0) is 38.6 Å². The molecule has 2 unspecified atom stereocenters. The zero-order valence-electron chi connectivity index (χ0n) is 11.7. The largest absolute Gasteiger partial charge is 0.354 e. The molecular weight excluding hydrogens is 274 g/mol. The Hall–Kier alpha value is -1.96. The number of amides is 2. The van der Waals surface area contributed by atoms with E-state index in [1.54, 1.807) is 0 Å². The molecule has 2 saturated heterocycles. The average molecular weight is 293 g/mol. The molecule has 2 atom stereocenters. The van der Waals surface area contributed by atoms with Gasteiger partial charge >= 0.3 is 0 Å². The van der Waals surface area contributed by atoms with Crippen LogP contribution in [0.25, 0.3) is 0 Å². The highest BCUT2D eigenvalue weighted by atomic mass is 16.5. The minimum atomic E-state index is -0.522. The molecule has 0 aromatic carbocycles. The summed E-state index contributed by atoms with van der Waals surface area (Å²) in [6.07, 6.45) is 4.43. The number of rotatable bonds is 3. The molecule has 2 fully saturated rings. The van der Waals surface area contributed by atoms with Gasteiger partial charge in [0.25, 0.3) is 11.7 Å². The van der Waals surface area contributed by atoms with Crippen molar-refractivity contribution >= 4 is 11.8 Å². The van der Waals surface area contributed by atoms with Crippen LogP contribution in [0, 0.1) is 0 Å². The predicted octanol–water partition coefficient (Wildman–Crippen LogP) is -0.107. The van der Waals surface area contributed by atoms with Crippen LogP contribution in [0.3, 0.4) is 0 Å². The molecule has 8 nitrogen and oxygen atoms in total. The molecule has 2 amide bonds. The lowest BCUT2D eigenvalue weighted by Gasteiger charge is -2.13. The summed E-state index contributed by atoms with van der Waals surface area (Å²) in [7, 11) is 0. The van der Waals surface area contributed by atoms with Crippen molar-refractivity contribution in [2.75, 3.05) is 13.1 Å². The summed E-state index contributed by atoms with van der Waals surface area (Å²) in [5.74, 6) is -0.203. The standard InChI is InChI=1S/C13H19N5O3/c19-11-8(4-1-2-6-15-11)16-12(20)10-17-13(21-18-10)9-5-3-7-14-9/h8-9,14H,1-7H2,(H,15,19)(H,16,20). The summed E-state index contributed by atoms with van der Waals surface area (Å²) >= 11 is 0. The Balaban J connectivity index is 1.63. The lowest BCUT2D eigenvalue weighted by atomic mass is 10.1. The van der Waals surface area contributed by atoms with Gasteiger partial charge in [-0.2, -0.15) is 4.98 Å². The summed E-state index contributed by atoms with van der Waals surface area (Å²) < 4.78 is 5.13. The van der Waals surface area contributed by atoms with Crippen molar-refractivity contribution in [3.8, 4) is 0 Å². The van der Waals surface area contributed by atoms with Crippen molar-refractivity contribution in [1.82, 2.24) is 26.1 Å². The third-order valence-corrected chi connectivity index (χ3v) is 3.84. The Morgan fingerprint density at radius 3 is 2.95 bits per heavy atom. The maximum atomic E-state index is 12.1. The Labute approximate surface area is 122 Å². The van der Waals surface area contributed by atoms with E-state index in [1.165, 1.54) is 0 Å². The number of aromatic nitrogens is 2. The van der Waals surface area contributed by atoms with Gasteiger partial charge in [0.05, 0.1) is 6.04 Å². The molecule has 8 heteroatoms. The average Bonchev–Trinajstić information content (AvgIpc) is 3.12. The Bertz CT molecular complexity index is 524. The van der Waals surface area contributed by atoms with Crippen LogP contribution in [0.2, 0.25) is 0 Å². The van der Waals surface area contributed by atoms with E-state index >= 15 is 0 Å². The first-order valence-electron chi connectivity index (χ1n) is 7.39. The molecule has 0 saturated carbocycles. The molecule has 21 heavy (non-hydrogen) atoms. The van der Waals surface area contributed by atoms with E-state index in [1.807, 2.05) is 0 Å². The van der Waals surface area contributed by atoms with Gasteiger partial charge in [0.1, 0.15) is 6.04 Å². The van der Waals surface area contributed by atoms with E-state index in [9.17, 15) is 9.59 Å². The molecule has 3 N–H and O–H groups in total. The molecule has 0 bridgehead atoms. The Morgan fingerprint density at radius 2 is 2.14 bits per heavy atom. The summed E-state index contributed by atoms with van der Waals surface area (Å²) in [4.78, 5) is 28.0. The van der Waals surface area contributed by atoms with Crippen molar-refractivity contribution in [3.05, 3.63) is 11.7 Å². The monoisotopic (exact) mass is 293 g/mol. The molecule has 2 aliphatic rings. The third kappa shape index (κ3) is 3.21. The van der Waals surface area contributed by atoms with Gasteiger partial charge < -0.3 is 20.5 Å². The van der Waals surface area contributed by atoms with Crippen LogP contribution in [-0.4, -0.2) is 41.1 Å². The molecule has 2 aliphatic heterocycles. The number of nitrogens with one attached hydrogen (secondary N) is 3. The second kappa shape index (κ2) is 6.21. The normalized spacial score (nSPS) is 26.2. The van der Waals surface area contributed by atoms with Gasteiger partial charge in [-0.3, -0.25) is 9.59 Å². The van der Waals surface area contributed by atoms with Crippen molar-refractivity contribution in [3.63, 3.8) is 0 Å². The topological polar surface area (TPSA) is 109 Å². The maximum Gasteiger partial charge on any atom is 0.293 e. The maximum absolute atomic E-state index is 12.1. The van der Waals surface area contributed by atoms with Crippen LogP contribution < -0.4 is 16.0 Å². The van der Waals surface area contributed by atoms with Gasteiger partial charge in [0, 0.05) is 6.54 Å². The fourth-order valence-electron chi connectivity index (χ4n) is 2.66. The zero-order chi connectivity index (χ0) is 14.7. The summed E-state index contributed by atoms with van der Waals surface area (Å²) in [5, 5.41) is 12.4. The summed E-state index contributed by atoms with van der Waals surface area (Å²) in [5.41, 5.74) is 0. The summed E-state index contributed by atoms with van der Waals surface area (Å²) in [6, 6.07) is -0.494. The number of hydrogen-bond donors (Lipinski definition) is 3. The molecular formula is C13H19N5O3. The van der Waals surface area contributed by atoms with Crippen molar-refractivity contribution < 1.29 is 14.1 Å². The van der Waals surface area contributed by atoms with Crippen LogP contribution in [0.4, 0.5) is 0 Å². The van der Waals surface area contributed by atoms with Crippen molar-refractivity contribution in [1.29, 1.82) is 0 Å². The highest BCUT2D eigenvalue weighted by Gasteiger charge is 2.27. The van der Waals surface area contributed by atoms with E-state index < -0.39 is 11.9 Å². The van der Waals surface area contributed by atoms with E-state index in [0.717, 1.165) is 32.2 Å². The van der Waals surface area contributed by atoms with Gasteiger partial charge in [-0.1, -0.05) is 5.16 Å². The molecule has 114 valence electrons. The van der Waals surface area contributed by atoms with E-state index in [0.29, 0.717) is 18.9 Å².